The van der Waals surface area contributed by atoms with Crippen molar-refractivity contribution in [3.8, 4) is 21.7 Å². The maximum Gasteiger partial charge on any atom is 0.270 e. The van der Waals surface area contributed by atoms with Crippen molar-refractivity contribution in [2.24, 2.45) is 0 Å². The molecule has 174 valence electrons. The standard InChI is InChI=1S/C25H19N5O3S2/c1-14-5-8-16(9-6-14)22-23(17-3-2-4-18(13-17)30(32)33)35-25(29-22)28-21(31)12-15-7-10-19-20(11-15)34-24(26)27-19/h2-11,13H,12H2,1H3,(H2,26,27)(H,28,29,31). The van der Waals surface area contributed by atoms with E-state index in [-0.39, 0.29) is 18.0 Å². The van der Waals surface area contributed by atoms with Gasteiger partial charge in [-0.2, -0.15) is 0 Å². The Morgan fingerprint density at radius 1 is 1.03 bits per heavy atom. The topological polar surface area (TPSA) is 124 Å². The van der Waals surface area contributed by atoms with Gasteiger partial charge >= 0.3 is 0 Å². The lowest BCUT2D eigenvalue weighted by molar-refractivity contribution is -0.384. The molecule has 0 radical (unpaired) electrons. The van der Waals surface area contributed by atoms with Crippen molar-refractivity contribution < 1.29 is 9.72 Å². The van der Waals surface area contributed by atoms with E-state index in [1.165, 1.54) is 34.8 Å². The molecule has 1 amide bonds. The second-order valence-electron chi connectivity index (χ2n) is 7.95. The number of aryl methyl sites for hydroxylation is 1. The molecule has 0 aliphatic heterocycles. The first kappa shape index (κ1) is 22.6. The summed E-state index contributed by atoms with van der Waals surface area (Å²) < 4.78 is 0.927. The summed E-state index contributed by atoms with van der Waals surface area (Å²) in [4.78, 5) is 33.4. The summed E-state index contributed by atoms with van der Waals surface area (Å²) in [7, 11) is 0. The third kappa shape index (κ3) is 4.88. The number of anilines is 2. The molecule has 10 heteroatoms. The zero-order chi connectivity index (χ0) is 24.5. The van der Waals surface area contributed by atoms with Crippen molar-refractivity contribution in [2.75, 3.05) is 11.1 Å². The molecule has 3 aromatic carbocycles. The highest BCUT2D eigenvalue weighted by molar-refractivity contribution is 7.22. The van der Waals surface area contributed by atoms with Gasteiger partial charge in [0.25, 0.3) is 5.69 Å². The van der Waals surface area contributed by atoms with E-state index in [1.54, 1.807) is 12.1 Å². The number of fused-ring (bicyclic) bond motifs is 1. The Labute approximate surface area is 208 Å². The van der Waals surface area contributed by atoms with E-state index in [4.69, 9.17) is 5.73 Å². The summed E-state index contributed by atoms with van der Waals surface area (Å²) in [6.45, 7) is 2.00. The Morgan fingerprint density at radius 3 is 2.60 bits per heavy atom. The summed E-state index contributed by atoms with van der Waals surface area (Å²) in [6.07, 6.45) is 0.166. The van der Waals surface area contributed by atoms with Crippen LogP contribution in [0.5, 0.6) is 0 Å². The quantitative estimate of drug-likeness (QED) is 0.215. The molecule has 0 fully saturated rings. The van der Waals surface area contributed by atoms with Gasteiger partial charge < -0.3 is 11.1 Å². The van der Waals surface area contributed by atoms with Crippen LogP contribution in [-0.4, -0.2) is 20.8 Å². The molecule has 35 heavy (non-hydrogen) atoms. The molecule has 3 N–H and O–H groups in total. The molecule has 0 aliphatic carbocycles. The number of benzene rings is 3. The Hall–Kier alpha value is -4.15. The summed E-state index contributed by atoms with van der Waals surface area (Å²) in [5, 5.41) is 15.1. The fourth-order valence-electron chi connectivity index (χ4n) is 3.68. The van der Waals surface area contributed by atoms with Gasteiger partial charge in [0.15, 0.2) is 10.3 Å². The zero-order valence-corrected chi connectivity index (χ0v) is 20.2. The Morgan fingerprint density at radius 2 is 1.83 bits per heavy atom. The van der Waals surface area contributed by atoms with Gasteiger partial charge in [-0.1, -0.05) is 70.7 Å². The number of carbonyl (C=O) groups excluding carboxylic acids is 1. The third-order valence-electron chi connectivity index (χ3n) is 5.35. The molecule has 0 saturated carbocycles. The van der Waals surface area contributed by atoms with E-state index in [1.807, 2.05) is 49.4 Å². The van der Waals surface area contributed by atoms with Crippen molar-refractivity contribution in [2.45, 2.75) is 13.3 Å². The SMILES string of the molecule is Cc1ccc(-c2nc(NC(=O)Cc3ccc4nc(N)sc4c3)sc2-c2cccc([N+](=O)[O-])c2)cc1. The molecule has 0 atom stereocenters. The predicted molar refractivity (Wildman–Crippen MR) is 141 cm³/mol. The van der Waals surface area contributed by atoms with Crippen LogP contribution < -0.4 is 11.1 Å². The highest BCUT2D eigenvalue weighted by Crippen LogP contribution is 2.40. The number of carbonyl (C=O) groups is 1. The summed E-state index contributed by atoms with van der Waals surface area (Å²) >= 11 is 2.67. The van der Waals surface area contributed by atoms with E-state index >= 15 is 0 Å². The van der Waals surface area contributed by atoms with Crippen LogP contribution in [0.25, 0.3) is 31.9 Å². The molecule has 0 aliphatic rings. The van der Waals surface area contributed by atoms with E-state index < -0.39 is 4.92 Å². The minimum atomic E-state index is -0.424. The van der Waals surface area contributed by atoms with Crippen LogP contribution in [0.2, 0.25) is 0 Å². The van der Waals surface area contributed by atoms with E-state index in [2.05, 4.69) is 15.3 Å². The van der Waals surface area contributed by atoms with Gasteiger partial charge in [-0.3, -0.25) is 14.9 Å². The number of amides is 1. The fraction of sp³-hybridized carbons (Fsp3) is 0.0800. The van der Waals surface area contributed by atoms with Gasteiger partial charge in [0.05, 0.1) is 32.1 Å². The normalized spacial score (nSPS) is 11.0. The molecule has 0 unspecified atom stereocenters. The smallest absolute Gasteiger partial charge is 0.270 e. The third-order valence-corrected chi connectivity index (χ3v) is 7.22. The molecule has 8 nitrogen and oxygen atoms in total. The van der Waals surface area contributed by atoms with Crippen molar-refractivity contribution >= 4 is 54.7 Å². The second-order valence-corrected chi connectivity index (χ2v) is 10.0. The summed E-state index contributed by atoms with van der Waals surface area (Å²) in [5.41, 5.74) is 10.7. The van der Waals surface area contributed by atoms with Gasteiger partial charge in [0, 0.05) is 23.3 Å². The molecule has 0 saturated heterocycles. The number of hydrogen-bond acceptors (Lipinski definition) is 8. The molecule has 5 aromatic rings. The van der Waals surface area contributed by atoms with Crippen molar-refractivity contribution in [1.29, 1.82) is 0 Å². The van der Waals surface area contributed by atoms with E-state index in [0.29, 0.717) is 21.5 Å². The lowest BCUT2D eigenvalue weighted by Gasteiger charge is -2.03. The zero-order valence-electron chi connectivity index (χ0n) is 18.5. The highest BCUT2D eigenvalue weighted by atomic mass is 32.1. The molecule has 0 bridgehead atoms. The van der Waals surface area contributed by atoms with Crippen LogP contribution in [0, 0.1) is 17.0 Å². The van der Waals surface area contributed by atoms with Crippen molar-refractivity contribution in [3.05, 3.63) is 88.0 Å². The Kier molecular flexibility index (Phi) is 5.98. The number of non-ortho nitro benzene ring substituents is 1. The van der Waals surface area contributed by atoms with Crippen molar-refractivity contribution in [3.63, 3.8) is 0 Å². The number of nitrogens with one attached hydrogen (secondary N) is 1. The minimum Gasteiger partial charge on any atom is -0.375 e. The fourth-order valence-corrected chi connectivity index (χ4v) is 5.48. The first-order chi connectivity index (χ1) is 16.9. The number of nitrogens with two attached hydrogens (primary N) is 1. The van der Waals surface area contributed by atoms with Crippen molar-refractivity contribution in [1.82, 2.24) is 9.97 Å². The largest absolute Gasteiger partial charge is 0.375 e. The lowest BCUT2D eigenvalue weighted by Crippen LogP contribution is -2.14. The predicted octanol–water partition coefficient (Wildman–Crippen LogP) is 6.07. The molecular formula is C25H19N5O3S2. The highest BCUT2D eigenvalue weighted by Gasteiger charge is 2.19. The number of aromatic nitrogens is 2. The Bertz CT molecular complexity index is 1570. The number of hydrogen-bond donors (Lipinski definition) is 2. The number of nitro groups is 1. The van der Waals surface area contributed by atoms with Gasteiger partial charge in [0.1, 0.15) is 0 Å². The van der Waals surface area contributed by atoms with E-state index in [9.17, 15) is 14.9 Å². The minimum absolute atomic E-state index is 0.00422. The maximum absolute atomic E-state index is 12.8. The maximum atomic E-state index is 12.8. The van der Waals surface area contributed by atoms with E-state index in [0.717, 1.165) is 31.8 Å². The van der Waals surface area contributed by atoms with Crippen LogP contribution in [0.4, 0.5) is 16.0 Å². The van der Waals surface area contributed by atoms with Crippen LogP contribution in [0.3, 0.4) is 0 Å². The number of nitrogen functional groups attached to an aromatic ring is 1. The molecule has 2 heterocycles. The van der Waals surface area contributed by atoms with Gasteiger partial charge in [-0.05, 0) is 24.6 Å². The first-order valence-corrected chi connectivity index (χ1v) is 12.3. The number of thiazole rings is 2. The van der Waals surface area contributed by atoms with Crippen LogP contribution in [0.15, 0.2) is 66.7 Å². The Balaban J connectivity index is 1.46. The molecule has 5 rings (SSSR count). The van der Waals surface area contributed by atoms with Crippen LogP contribution in [-0.2, 0) is 11.2 Å². The number of rotatable bonds is 6. The number of nitro benzene ring substituents is 1. The summed E-state index contributed by atoms with van der Waals surface area (Å²) in [5.74, 6) is -0.211. The molecule has 0 spiro atoms. The monoisotopic (exact) mass is 501 g/mol. The van der Waals surface area contributed by atoms with Crippen LogP contribution >= 0.6 is 22.7 Å². The average Bonchev–Trinajstić information content (AvgIpc) is 3.41. The summed E-state index contributed by atoms with van der Waals surface area (Å²) in [6, 6.07) is 19.9. The van der Waals surface area contributed by atoms with Gasteiger partial charge in [0.2, 0.25) is 5.91 Å². The van der Waals surface area contributed by atoms with Gasteiger partial charge in [-0.15, -0.1) is 0 Å². The van der Waals surface area contributed by atoms with Gasteiger partial charge in [-0.25, -0.2) is 9.97 Å². The first-order valence-electron chi connectivity index (χ1n) is 10.6. The second kappa shape index (κ2) is 9.24. The molecular weight excluding hydrogens is 482 g/mol. The average molecular weight is 502 g/mol. The number of nitrogens with zero attached hydrogens (tertiary/aromatic N) is 3. The van der Waals surface area contributed by atoms with Crippen LogP contribution in [0.1, 0.15) is 11.1 Å². The lowest BCUT2D eigenvalue weighted by atomic mass is 10.1. The molecule has 2 aromatic heterocycles.